The first kappa shape index (κ1) is 10.6. The van der Waals surface area contributed by atoms with Crippen molar-refractivity contribution in [1.82, 2.24) is 0 Å². The zero-order chi connectivity index (χ0) is 11.8. The molecule has 0 saturated carbocycles. The molecule has 0 aromatic heterocycles. The zero-order valence-corrected chi connectivity index (χ0v) is 9.22. The summed E-state index contributed by atoms with van der Waals surface area (Å²) in [5.41, 5.74) is 1.23. The van der Waals surface area contributed by atoms with Gasteiger partial charge in [0.15, 0.2) is 0 Å². The van der Waals surface area contributed by atoms with Crippen LogP contribution in [0.25, 0.3) is 0 Å². The normalized spacial score (nSPS) is 22.3. The fourth-order valence-corrected chi connectivity index (χ4v) is 1.95. The minimum absolute atomic E-state index is 0.180. The van der Waals surface area contributed by atoms with Crippen molar-refractivity contribution in [3.05, 3.63) is 29.0 Å². The van der Waals surface area contributed by atoms with Gasteiger partial charge in [0.25, 0.3) is 0 Å². The summed E-state index contributed by atoms with van der Waals surface area (Å²) in [6.07, 6.45) is 0.991. The molecule has 90 valence electrons. The molecule has 1 fully saturated rings. The Labute approximate surface area is 98.5 Å². The third-order valence-electron chi connectivity index (χ3n) is 2.97. The molecule has 3 rings (SSSR count). The van der Waals surface area contributed by atoms with E-state index in [1.54, 1.807) is 12.1 Å². The lowest BCUT2D eigenvalue weighted by atomic mass is 10.0. The van der Waals surface area contributed by atoms with Crippen LogP contribution in [-0.2, 0) is 16.0 Å². The lowest BCUT2D eigenvalue weighted by Crippen LogP contribution is -2.29. The Bertz CT molecular complexity index is 456. The summed E-state index contributed by atoms with van der Waals surface area (Å²) in [4.78, 5) is 11.3. The van der Waals surface area contributed by atoms with Gasteiger partial charge in [0.05, 0.1) is 6.61 Å². The summed E-state index contributed by atoms with van der Waals surface area (Å²) >= 11 is 0. The lowest BCUT2D eigenvalue weighted by Gasteiger charge is -2.34. The third kappa shape index (κ3) is 1.99. The van der Waals surface area contributed by atoms with E-state index in [4.69, 9.17) is 9.47 Å². The summed E-state index contributed by atoms with van der Waals surface area (Å²) in [5, 5.41) is 12.1. The number of carbonyl (C=O) groups excluding carboxylic acids is 1. The largest absolute Gasteiger partial charge is 0.752 e. The van der Waals surface area contributed by atoms with Gasteiger partial charge in [0.2, 0.25) is 5.91 Å². The van der Waals surface area contributed by atoms with Crippen LogP contribution in [0.5, 0.6) is 5.75 Å². The second kappa shape index (κ2) is 4.01. The Kier molecular flexibility index (Phi) is 2.49. The smallest absolute Gasteiger partial charge is 0.216 e. The van der Waals surface area contributed by atoms with Crippen molar-refractivity contribution in [3.8, 4) is 5.75 Å². The summed E-state index contributed by atoms with van der Waals surface area (Å²) in [7, 11) is 0. The predicted octanol–water partition coefficient (Wildman–Crippen LogP) is 1.24. The molecule has 1 saturated heterocycles. The van der Waals surface area contributed by atoms with E-state index in [9.17, 15) is 10.0 Å². The van der Waals surface area contributed by atoms with Crippen LogP contribution in [0.4, 0.5) is 5.69 Å². The Balaban J connectivity index is 1.86. The van der Waals surface area contributed by atoms with E-state index < -0.39 is 0 Å². The van der Waals surface area contributed by atoms with Gasteiger partial charge in [-0.3, -0.25) is 4.79 Å². The Morgan fingerprint density at radius 2 is 2.29 bits per heavy atom. The molecular formula is C12H12NO4-. The van der Waals surface area contributed by atoms with E-state index in [0.717, 1.165) is 12.2 Å². The van der Waals surface area contributed by atoms with Gasteiger partial charge in [-0.15, -0.1) is 0 Å². The van der Waals surface area contributed by atoms with Crippen LogP contribution in [0.2, 0.25) is 0 Å². The first-order chi connectivity index (χ1) is 8.25. The second-order valence-electron chi connectivity index (χ2n) is 4.21. The molecular weight excluding hydrogens is 222 g/mol. The average molecular weight is 234 g/mol. The van der Waals surface area contributed by atoms with Crippen LogP contribution >= 0.6 is 0 Å². The molecule has 2 aliphatic rings. The summed E-state index contributed by atoms with van der Waals surface area (Å²) < 4.78 is 10.7. The van der Waals surface area contributed by atoms with Crippen molar-refractivity contribution in [1.29, 1.82) is 0 Å². The molecule has 1 aromatic carbocycles. The van der Waals surface area contributed by atoms with Crippen molar-refractivity contribution < 1.29 is 14.3 Å². The van der Waals surface area contributed by atoms with Gasteiger partial charge < -0.3 is 19.7 Å². The zero-order valence-electron chi connectivity index (χ0n) is 9.22. The van der Waals surface area contributed by atoms with Gasteiger partial charge in [-0.2, -0.15) is 0 Å². The molecule has 0 spiro atoms. The maximum Gasteiger partial charge on any atom is 0.216 e. The minimum atomic E-state index is -0.389. The van der Waals surface area contributed by atoms with Gasteiger partial charge in [0.1, 0.15) is 18.5 Å². The number of fused-ring (bicyclic) bond motifs is 1. The second-order valence-corrected chi connectivity index (χ2v) is 4.21. The molecule has 1 aromatic rings. The number of hydroxylamine groups is 1. The van der Waals surface area contributed by atoms with Crippen molar-refractivity contribution in [2.75, 3.05) is 18.3 Å². The molecule has 5 heteroatoms. The number of epoxide rings is 1. The van der Waals surface area contributed by atoms with Crippen LogP contribution in [0.3, 0.4) is 0 Å². The van der Waals surface area contributed by atoms with Crippen LogP contribution < -0.4 is 9.80 Å². The number of amides is 1. The third-order valence-corrected chi connectivity index (χ3v) is 2.97. The number of carbonyl (C=O) groups is 1. The number of anilines is 1. The maximum absolute atomic E-state index is 11.6. The van der Waals surface area contributed by atoms with Gasteiger partial charge >= 0.3 is 0 Å². The van der Waals surface area contributed by atoms with Crippen LogP contribution in [-0.4, -0.2) is 25.2 Å². The summed E-state index contributed by atoms with van der Waals surface area (Å²) in [5.74, 6) is 0.298. The molecule has 0 N–H and O–H groups in total. The van der Waals surface area contributed by atoms with E-state index in [0.29, 0.717) is 29.5 Å². The number of rotatable bonds is 3. The molecule has 2 aliphatic heterocycles. The molecule has 1 unspecified atom stereocenters. The van der Waals surface area contributed by atoms with Gasteiger partial charge in [-0.05, 0) is 18.6 Å². The fourth-order valence-electron chi connectivity index (χ4n) is 1.95. The number of hydrogen-bond acceptors (Lipinski definition) is 4. The standard InChI is InChI=1S/C12H12NO4/c14-12-5-4-9-10(13(12)15)2-1-3-11(9)17-7-8-6-16-8/h1-3,8H,4-7H2/q-1. The highest BCUT2D eigenvalue weighted by Gasteiger charge is 2.25. The van der Waals surface area contributed by atoms with Crippen LogP contribution in [0.15, 0.2) is 18.2 Å². The molecule has 17 heavy (non-hydrogen) atoms. The first-order valence-corrected chi connectivity index (χ1v) is 5.62. The van der Waals surface area contributed by atoms with E-state index >= 15 is 0 Å². The summed E-state index contributed by atoms with van der Waals surface area (Å²) in [6.45, 7) is 1.24. The summed E-state index contributed by atoms with van der Waals surface area (Å²) in [6, 6.07) is 5.20. The molecule has 2 heterocycles. The number of benzene rings is 1. The maximum atomic E-state index is 11.6. The Hall–Kier alpha value is -1.59. The average Bonchev–Trinajstić information content (AvgIpc) is 3.15. The van der Waals surface area contributed by atoms with E-state index in [1.807, 2.05) is 6.07 Å². The Morgan fingerprint density at radius 3 is 3.06 bits per heavy atom. The van der Waals surface area contributed by atoms with Crippen LogP contribution in [0, 0.1) is 5.21 Å². The lowest BCUT2D eigenvalue weighted by molar-refractivity contribution is -0.118. The number of nitrogens with zero attached hydrogens (tertiary/aromatic N) is 1. The van der Waals surface area contributed by atoms with Crippen molar-refractivity contribution in [2.24, 2.45) is 0 Å². The highest BCUT2D eigenvalue weighted by molar-refractivity contribution is 5.97. The molecule has 0 bridgehead atoms. The monoisotopic (exact) mass is 234 g/mol. The molecule has 1 atom stereocenters. The molecule has 0 radical (unpaired) electrons. The topological polar surface area (TPSA) is 65.1 Å². The number of hydrogen-bond donors (Lipinski definition) is 0. The fraction of sp³-hybridized carbons (Fsp3) is 0.417. The van der Waals surface area contributed by atoms with Gasteiger partial charge in [0, 0.05) is 17.7 Å². The van der Waals surface area contributed by atoms with Crippen molar-refractivity contribution in [2.45, 2.75) is 18.9 Å². The SMILES string of the molecule is O=C1CCc2c(OCC3CO3)cccc2N1[O-]. The Morgan fingerprint density at radius 1 is 1.47 bits per heavy atom. The van der Waals surface area contributed by atoms with E-state index in [2.05, 4.69) is 0 Å². The molecule has 1 amide bonds. The quantitative estimate of drug-likeness (QED) is 0.738. The molecule has 0 aliphatic carbocycles. The van der Waals surface area contributed by atoms with E-state index in [1.165, 1.54) is 0 Å². The van der Waals surface area contributed by atoms with Crippen molar-refractivity contribution in [3.63, 3.8) is 0 Å². The predicted molar refractivity (Wildman–Crippen MR) is 60.9 cm³/mol. The number of ether oxygens (including phenoxy) is 2. The minimum Gasteiger partial charge on any atom is -0.752 e. The van der Waals surface area contributed by atoms with E-state index in [-0.39, 0.29) is 18.4 Å². The highest BCUT2D eigenvalue weighted by Crippen LogP contribution is 2.34. The molecule has 5 nitrogen and oxygen atoms in total. The van der Waals surface area contributed by atoms with Crippen molar-refractivity contribution >= 4 is 11.6 Å². The first-order valence-electron chi connectivity index (χ1n) is 5.62. The van der Waals surface area contributed by atoms with Gasteiger partial charge in [-0.1, -0.05) is 6.07 Å². The van der Waals surface area contributed by atoms with Gasteiger partial charge in [-0.25, -0.2) is 0 Å². The van der Waals surface area contributed by atoms with Crippen LogP contribution in [0.1, 0.15) is 12.0 Å². The highest BCUT2D eigenvalue weighted by atomic mass is 16.6.